The van der Waals surface area contributed by atoms with Crippen LogP contribution in [0.15, 0.2) is 12.1 Å². The van der Waals surface area contributed by atoms with Crippen molar-refractivity contribution in [1.29, 1.82) is 5.26 Å². The Morgan fingerprint density at radius 3 is 2.62 bits per heavy atom. The molecule has 7 heteroatoms. The summed E-state index contributed by atoms with van der Waals surface area (Å²) in [7, 11) is 1.31. The van der Waals surface area contributed by atoms with Crippen molar-refractivity contribution in [3.8, 4) is 11.8 Å². The summed E-state index contributed by atoms with van der Waals surface area (Å²) in [5, 5.41) is 19.4. The molecule has 0 saturated carbocycles. The van der Waals surface area contributed by atoms with Crippen LogP contribution in [0.5, 0.6) is 5.75 Å². The predicted molar refractivity (Wildman–Crippen MR) is 52.9 cm³/mol. The Morgan fingerprint density at radius 1 is 1.62 bits per heavy atom. The molecule has 0 aliphatic carbocycles. The lowest BCUT2D eigenvalue weighted by Crippen LogP contribution is -2.14. The Labute approximate surface area is 90.2 Å². The first kappa shape index (κ1) is 11.5. The molecule has 0 aliphatic rings. The van der Waals surface area contributed by atoms with E-state index in [0.717, 1.165) is 6.07 Å². The van der Waals surface area contributed by atoms with Gasteiger partial charge in [-0.3, -0.25) is 14.9 Å². The predicted octanol–water partition coefficient (Wildman–Crippen LogP) is 0.574. The van der Waals surface area contributed by atoms with Crippen LogP contribution in [0.25, 0.3) is 0 Å². The number of rotatable bonds is 3. The molecule has 0 aromatic heterocycles. The number of amides is 1. The average molecular weight is 221 g/mol. The van der Waals surface area contributed by atoms with Crippen LogP contribution in [0.3, 0.4) is 0 Å². The van der Waals surface area contributed by atoms with Crippen molar-refractivity contribution >= 4 is 11.6 Å². The van der Waals surface area contributed by atoms with Crippen molar-refractivity contribution in [3.63, 3.8) is 0 Å². The lowest BCUT2D eigenvalue weighted by molar-refractivity contribution is -0.385. The van der Waals surface area contributed by atoms with E-state index < -0.39 is 16.5 Å². The second-order valence-corrected chi connectivity index (χ2v) is 2.80. The minimum absolute atomic E-state index is 0.163. The summed E-state index contributed by atoms with van der Waals surface area (Å²) in [5.74, 6) is -0.821. The smallest absolute Gasteiger partial charge is 0.300 e. The van der Waals surface area contributed by atoms with Gasteiger partial charge in [0.15, 0.2) is 0 Å². The van der Waals surface area contributed by atoms with Gasteiger partial charge in [0.25, 0.3) is 11.6 Å². The Balaban J connectivity index is 3.62. The first-order chi connectivity index (χ1) is 7.51. The SMILES string of the molecule is COc1cc(C#N)c([N+](=O)[O-])c(C(N)=O)c1. The number of carbonyl (C=O) groups is 1. The highest BCUT2D eigenvalue weighted by atomic mass is 16.6. The number of hydrogen-bond acceptors (Lipinski definition) is 5. The highest BCUT2D eigenvalue weighted by Gasteiger charge is 2.24. The first-order valence-corrected chi connectivity index (χ1v) is 4.07. The number of nitrogens with two attached hydrogens (primary N) is 1. The molecule has 1 rings (SSSR count). The zero-order valence-corrected chi connectivity index (χ0v) is 8.26. The molecular formula is C9H7N3O4. The van der Waals surface area contributed by atoms with Crippen LogP contribution < -0.4 is 10.5 Å². The summed E-state index contributed by atoms with van der Waals surface area (Å²) in [5.41, 5.74) is 3.78. The molecular weight excluding hydrogens is 214 g/mol. The van der Waals surface area contributed by atoms with E-state index in [2.05, 4.69) is 0 Å². The van der Waals surface area contributed by atoms with E-state index >= 15 is 0 Å². The van der Waals surface area contributed by atoms with Crippen LogP contribution in [0.2, 0.25) is 0 Å². The van der Waals surface area contributed by atoms with Gasteiger partial charge in [0.2, 0.25) is 0 Å². The minimum Gasteiger partial charge on any atom is -0.497 e. The minimum atomic E-state index is -0.984. The van der Waals surface area contributed by atoms with E-state index in [1.807, 2.05) is 0 Å². The number of carbonyl (C=O) groups excluding carboxylic acids is 1. The van der Waals surface area contributed by atoms with Gasteiger partial charge in [-0.15, -0.1) is 0 Å². The molecule has 2 N–H and O–H groups in total. The molecule has 1 aromatic carbocycles. The molecule has 0 fully saturated rings. The van der Waals surface area contributed by atoms with Gasteiger partial charge in [-0.2, -0.15) is 5.26 Å². The molecule has 16 heavy (non-hydrogen) atoms. The quantitative estimate of drug-likeness (QED) is 0.591. The third kappa shape index (κ3) is 1.90. The number of nitriles is 1. The maximum absolute atomic E-state index is 11.0. The molecule has 0 heterocycles. The second kappa shape index (κ2) is 4.27. The number of nitro groups is 1. The summed E-state index contributed by atoms with van der Waals surface area (Å²) in [6.07, 6.45) is 0. The lowest BCUT2D eigenvalue weighted by Gasteiger charge is -2.04. The number of primary amides is 1. The van der Waals surface area contributed by atoms with Gasteiger partial charge in [-0.25, -0.2) is 0 Å². The maximum Gasteiger partial charge on any atom is 0.300 e. The van der Waals surface area contributed by atoms with E-state index in [9.17, 15) is 14.9 Å². The van der Waals surface area contributed by atoms with Gasteiger partial charge in [0, 0.05) is 6.07 Å². The van der Waals surface area contributed by atoms with Crippen LogP contribution in [0, 0.1) is 21.4 Å². The molecule has 0 atom stereocenters. The highest BCUT2D eigenvalue weighted by molar-refractivity contribution is 5.98. The number of methoxy groups -OCH3 is 1. The lowest BCUT2D eigenvalue weighted by atomic mass is 10.1. The van der Waals surface area contributed by atoms with Crippen molar-refractivity contribution in [2.45, 2.75) is 0 Å². The number of benzene rings is 1. The topological polar surface area (TPSA) is 119 Å². The Hall–Kier alpha value is -2.62. The van der Waals surface area contributed by atoms with Crippen LogP contribution in [0.1, 0.15) is 15.9 Å². The maximum atomic E-state index is 11.0. The van der Waals surface area contributed by atoms with Crippen LogP contribution in [-0.4, -0.2) is 17.9 Å². The second-order valence-electron chi connectivity index (χ2n) is 2.80. The van der Waals surface area contributed by atoms with E-state index in [1.165, 1.54) is 13.2 Å². The summed E-state index contributed by atoms with van der Waals surface area (Å²) >= 11 is 0. The monoisotopic (exact) mass is 221 g/mol. The van der Waals surface area contributed by atoms with Crippen molar-refractivity contribution < 1.29 is 14.5 Å². The molecule has 0 radical (unpaired) electrons. The van der Waals surface area contributed by atoms with Gasteiger partial charge in [-0.1, -0.05) is 0 Å². The third-order valence-electron chi connectivity index (χ3n) is 1.89. The number of nitrogens with zero attached hydrogens (tertiary/aromatic N) is 2. The summed E-state index contributed by atoms with van der Waals surface area (Å²) in [6, 6.07) is 3.91. The molecule has 0 aliphatic heterocycles. The fraction of sp³-hybridized carbons (Fsp3) is 0.111. The van der Waals surface area contributed by atoms with Crippen LogP contribution in [-0.2, 0) is 0 Å². The van der Waals surface area contributed by atoms with Crippen LogP contribution >= 0.6 is 0 Å². The fourth-order valence-corrected chi connectivity index (χ4v) is 1.20. The average Bonchev–Trinajstić information content (AvgIpc) is 2.26. The van der Waals surface area contributed by atoms with E-state index in [4.69, 9.17) is 15.7 Å². The normalized spacial score (nSPS) is 9.25. The molecule has 0 saturated heterocycles. The largest absolute Gasteiger partial charge is 0.497 e. The van der Waals surface area contributed by atoms with Crippen molar-refractivity contribution in [2.24, 2.45) is 5.73 Å². The standard InChI is InChI=1S/C9H7N3O4/c1-16-6-2-5(4-10)8(12(14)15)7(3-6)9(11)13/h2-3H,1H3,(H2,11,13). The Kier molecular flexibility index (Phi) is 3.06. The van der Waals surface area contributed by atoms with Crippen molar-refractivity contribution in [3.05, 3.63) is 33.4 Å². The molecule has 1 aromatic rings. The van der Waals surface area contributed by atoms with Gasteiger partial charge in [0.05, 0.1) is 12.0 Å². The molecule has 0 spiro atoms. The molecule has 0 bridgehead atoms. The number of hydrogen-bond donors (Lipinski definition) is 1. The van der Waals surface area contributed by atoms with Gasteiger partial charge < -0.3 is 10.5 Å². The Bertz CT molecular complexity index is 504. The molecule has 7 nitrogen and oxygen atoms in total. The zero-order chi connectivity index (χ0) is 12.3. The summed E-state index contributed by atoms with van der Waals surface area (Å²) in [6.45, 7) is 0. The number of ether oxygens (including phenoxy) is 1. The van der Waals surface area contributed by atoms with Gasteiger partial charge >= 0.3 is 0 Å². The highest BCUT2D eigenvalue weighted by Crippen LogP contribution is 2.28. The number of nitro benzene ring substituents is 1. The summed E-state index contributed by atoms with van der Waals surface area (Å²) < 4.78 is 4.80. The van der Waals surface area contributed by atoms with Crippen molar-refractivity contribution in [2.75, 3.05) is 7.11 Å². The molecule has 82 valence electrons. The Morgan fingerprint density at radius 2 is 2.25 bits per heavy atom. The van der Waals surface area contributed by atoms with Crippen molar-refractivity contribution in [1.82, 2.24) is 0 Å². The van der Waals surface area contributed by atoms with Gasteiger partial charge in [0.1, 0.15) is 22.9 Å². The van der Waals surface area contributed by atoms with E-state index in [-0.39, 0.29) is 16.9 Å². The molecule has 0 unspecified atom stereocenters. The molecule has 1 amide bonds. The van der Waals surface area contributed by atoms with Crippen LogP contribution in [0.4, 0.5) is 5.69 Å². The first-order valence-electron chi connectivity index (χ1n) is 4.07. The van der Waals surface area contributed by atoms with Gasteiger partial charge in [-0.05, 0) is 6.07 Å². The summed E-state index contributed by atoms with van der Waals surface area (Å²) in [4.78, 5) is 20.9. The van der Waals surface area contributed by atoms with E-state index in [1.54, 1.807) is 6.07 Å². The fourth-order valence-electron chi connectivity index (χ4n) is 1.20. The van der Waals surface area contributed by atoms with E-state index in [0.29, 0.717) is 0 Å². The zero-order valence-electron chi connectivity index (χ0n) is 8.26. The third-order valence-corrected chi connectivity index (χ3v) is 1.89.